The average molecular weight is 268 g/mol. The largest absolute Gasteiger partial charge is 0.324 e. The van der Waals surface area contributed by atoms with Gasteiger partial charge < -0.3 is 5.73 Å². The molecule has 2 aliphatic rings. The fourth-order valence-corrected chi connectivity index (χ4v) is 4.11. The molecule has 98 valence electrons. The lowest BCUT2D eigenvalue weighted by Crippen LogP contribution is -2.20. The van der Waals surface area contributed by atoms with Gasteiger partial charge in [0, 0.05) is 11.6 Å². The van der Waals surface area contributed by atoms with Gasteiger partial charge in [0.25, 0.3) is 0 Å². The fraction of sp³-hybridized carbons (Fsp3) is 0.600. The van der Waals surface area contributed by atoms with Gasteiger partial charge in [-0.05, 0) is 49.5 Å². The first-order valence-corrected chi connectivity index (χ1v) is 7.22. The molecule has 0 spiro atoms. The van der Waals surface area contributed by atoms with Crippen molar-refractivity contribution in [1.82, 2.24) is 0 Å². The first kappa shape index (κ1) is 12.4. The molecule has 2 N–H and O–H groups in total. The maximum atomic E-state index is 13.9. The van der Waals surface area contributed by atoms with Crippen LogP contribution < -0.4 is 5.73 Å². The fourth-order valence-electron chi connectivity index (χ4n) is 3.93. The van der Waals surface area contributed by atoms with Crippen molar-refractivity contribution in [2.75, 3.05) is 0 Å². The van der Waals surface area contributed by atoms with Gasteiger partial charge in [0.2, 0.25) is 0 Å². The summed E-state index contributed by atoms with van der Waals surface area (Å²) < 4.78 is 13.9. The Hall–Kier alpha value is -0.600. The van der Waals surface area contributed by atoms with E-state index in [9.17, 15) is 4.39 Å². The van der Waals surface area contributed by atoms with E-state index in [-0.39, 0.29) is 16.9 Å². The third-order valence-corrected chi connectivity index (χ3v) is 5.11. The lowest BCUT2D eigenvalue weighted by atomic mass is 9.83. The third-order valence-electron chi connectivity index (χ3n) is 4.82. The Morgan fingerprint density at radius 2 is 2.17 bits per heavy atom. The van der Waals surface area contributed by atoms with Gasteiger partial charge in [0.1, 0.15) is 5.82 Å². The maximum absolute atomic E-state index is 13.9. The molecular formula is C15H19ClFN. The van der Waals surface area contributed by atoms with Gasteiger partial charge in [-0.15, -0.1) is 0 Å². The van der Waals surface area contributed by atoms with Crippen LogP contribution in [-0.2, 0) is 0 Å². The van der Waals surface area contributed by atoms with Crippen molar-refractivity contribution in [3.05, 3.63) is 34.6 Å². The van der Waals surface area contributed by atoms with Crippen molar-refractivity contribution in [3.8, 4) is 0 Å². The molecule has 3 heteroatoms. The number of hydrogen-bond acceptors (Lipinski definition) is 1. The molecule has 3 rings (SSSR count). The zero-order valence-corrected chi connectivity index (χ0v) is 11.2. The van der Waals surface area contributed by atoms with Crippen LogP contribution in [0.2, 0.25) is 5.02 Å². The van der Waals surface area contributed by atoms with Crippen LogP contribution in [0.15, 0.2) is 18.2 Å². The van der Waals surface area contributed by atoms with E-state index < -0.39 is 0 Å². The summed E-state index contributed by atoms with van der Waals surface area (Å²) >= 11 is 5.81. The van der Waals surface area contributed by atoms with E-state index >= 15 is 0 Å². The molecular weight excluding hydrogens is 249 g/mol. The standard InChI is InChI=1S/C15H19ClFN/c16-13-3-1-2-12(15(13)17)14(18)8-11-7-9-4-5-10(11)6-9/h1-3,9-11,14H,4-8,18H2. The molecule has 1 aromatic rings. The summed E-state index contributed by atoms with van der Waals surface area (Å²) in [4.78, 5) is 0. The van der Waals surface area contributed by atoms with E-state index in [2.05, 4.69) is 0 Å². The molecule has 0 amide bonds. The van der Waals surface area contributed by atoms with Gasteiger partial charge in [-0.25, -0.2) is 4.39 Å². The van der Waals surface area contributed by atoms with Crippen LogP contribution in [0.5, 0.6) is 0 Å². The molecule has 0 saturated heterocycles. The van der Waals surface area contributed by atoms with E-state index in [1.807, 2.05) is 0 Å². The SMILES string of the molecule is NC(CC1CC2CCC1C2)c1cccc(Cl)c1F. The number of fused-ring (bicyclic) bond motifs is 2. The normalized spacial score (nSPS) is 31.8. The van der Waals surface area contributed by atoms with Crippen LogP contribution in [0.1, 0.15) is 43.7 Å². The smallest absolute Gasteiger partial charge is 0.146 e. The summed E-state index contributed by atoms with van der Waals surface area (Å²) in [6.07, 6.45) is 6.30. The number of rotatable bonds is 3. The summed E-state index contributed by atoms with van der Waals surface area (Å²) in [5.74, 6) is 2.10. The van der Waals surface area contributed by atoms with E-state index in [0.29, 0.717) is 11.5 Å². The van der Waals surface area contributed by atoms with Gasteiger partial charge in [0.15, 0.2) is 0 Å². The summed E-state index contributed by atoms with van der Waals surface area (Å²) in [5.41, 5.74) is 6.75. The molecule has 4 unspecified atom stereocenters. The zero-order chi connectivity index (χ0) is 12.7. The topological polar surface area (TPSA) is 26.0 Å². The molecule has 18 heavy (non-hydrogen) atoms. The molecule has 0 radical (unpaired) electrons. The van der Waals surface area contributed by atoms with Gasteiger partial charge >= 0.3 is 0 Å². The summed E-state index contributed by atoms with van der Waals surface area (Å²) in [7, 11) is 0. The minimum absolute atomic E-state index is 0.177. The molecule has 0 aliphatic heterocycles. The second kappa shape index (κ2) is 4.82. The zero-order valence-electron chi connectivity index (χ0n) is 10.4. The molecule has 2 fully saturated rings. The summed E-state index contributed by atoms with van der Waals surface area (Å²) in [6.45, 7) is 0. The van der Waals surface area contributed by atoms with E-state index in [0.717, 1.165) is 18.3 Å². The number of nitrogens with two attached hydrogens (primary N) is 1. The highest BCUT2D eigenvalue weighted by atomic mass is 35.5. The number of hydrogen-bond donors (Lipinski definition) is 1. The second-order valence-electron chi connectivity index (χ2n) is 5.92. The van der Waals surface area contributed by atoms with Crippen molar-refractivity contribution in [2.45, 2.75) is 38.1 Å². The molecule has 0 aromatic heterocycles. The van der Waals surface area contributed by atoms with Crippen LogP contribution in [0.3, 0.4) is 0 Å². The van der Waals surface area contributed by atoms with E-state index in [4.69, 9.17) is 17.3 Å². The Morgan fingerprint density at radius 3 is 2.83 bits per heavy atom. The lowest BCUT2D eigenvalue weighted by Gasteiger charge is -2.25. The van der Waals surface area contributed by atoms with Crippen LogP contribution in [0.25, 0.3) is 0 Å². The minimum atomic E-state index is -0.338. The Labute approximate surface area is 113 Å². The lowest BCUT2D eigenvalue weighted by molar-refractivity contribution is 0.294. The van der Waals surface area contributed by atoms with Crippen LogP contribution in [0.4, 0.5) is 4.39 Å². The van der Waals surface area contributed by atoms with Crippen molar-refractivity contribution in [3.63, 3.8) is 0 Å². The summed E-state index contributed by atoms with van der Waals surface area (Å²) in [6, 6.07) is 4.90. The van der Waals surface area contributed by atoms with Gasteiger partial charge in [0.05, 0.1) is 5.02 Å². The van der Waals surface area contributed by atoms with Crippen molar-refractivity contribution >= 4 is 11.6 Å². The third kappa shape index (κ3) is 2.17. The van der Waals surface area contributed by atoms with E-state index in [1.54, 1.807) is 18.2 Å². The van der Waals surface area contributed by atoms with Gasteiger partial charge in [-0.2, -0.15) is 0 Å². The van der Waals surface area contributed by atoms with E-state index in [1.165, 1.54) is 25.7 Å². The molecule has 2 saturated carbocycles. The Balaban J connectivity index is 1.71. The highest BCUT2D eigenvalue weighted by molar-refractivity contribution is 6.30. The molecule has 0 heterocycles. The van der Waals surface area contributed by atoms with Crippen molar-refractivity contribution in [1.29, 1.82) is 0 Å². The molecule has 4 atom stereocenters. The van der Waals surface area contributed by atoms with Crippen molar-refractivity contribution < 1.29 is 4.39 Å². The molecule has 1 aromatic carbocycles. The van der Waals surface area contributed by atoms with Crippen LogP contribution in [-0.4, -0.2) is 0 Å². The monoisotopic (exact) mass is 267 g/mol. The first-order valence-electron chi connectivity index (χ1n) is 6.84. The highest BCUT2D eigenvalue weighted by Gasteiger charge is 2.40. The minimum Gasteiger partial charge on any atom is -0.324 e. The quantitative estimate of drug-likeness (QED) is 0.868. The Morgan fingerprint density at radius 1 is 1.33 bits per heavy atom. The van der Waals surface area contributed by atoms with Crippen molar-refractivity contribution in [2.24, 2.45) is 23.5 Å². The number of halogens is 2. The van der Waals surface area contributed by atoms with Gasteiger partial charge in [-0.3, -0.25) is 0 Å². The van der Waals surface area contributed by atoms with Gasteiger partial charge in [-0.1, -0.05) is 30.2 Å². The molecule has 2 bridgehead atoms. The number of benzene rings is 1. The van der Waals surface area contributed by atoms with Crippen LogP contribution >= 0.6 is 11.6 Å². The predicted molar refractivity (Wildman–Crippen MR) is 71.9 cm³/mol. The predicted octanol–water partition coefficient (Wildman–Crippen LogP) is 4.31. The summed E-state index contributed by atoms with van der Waals surface area (Å²) in [5, 5.41) is 0.177. The molecule has 2 aliphatic carbocycles. The molecule has 1 nitrogen and oxygen atoms in total. The first-order chi connectivity index (χ1) is 8.65. The highest BCUT2D eigenvalue weighted by Crippen LogP contribution is 2.50. The second-order valence-corrected chi connectivity index (χ2v) is 6.33. The average Bonchev–Trinajstić information content (AvgIpc) is 2.94. The van der Waals surface area contributed by atoms with Crippen LogP contribution in [0, 0.1) is 23.6 Å². The Kier molecular flexibility index (Phi) is 3.33. The Bertz CT molecular complexity index is 448. The maximum Gasteiger partial charge on any atom is 0.146 e.